The van der Waals surface area contributed by atoms with Crippen LogP contribution in [0.5, 0.6) is 0 Å². The fourth-order valence-electron chi connectivity index (χ4n) is 2.84. The molecule has 0 atom stereocenters. The van der Waals surface area contributed by atoms with Crippen LogP contribution >= 0.6 is 35.3 Å². The van der Waals surface area contributed by atoms with Crippen LogP contribution in [0.2, 0.25) is 5.02 Å². The Morgan fingerprint density at radius 3 is 2.41 bits per heavy atom. The molecule has 3 heterocycles. The van der Waals surface area contributed by atoms with Crippen molar-refractivity contribution in [2.75, 3.05) is 0 Å². The first-order valence-corrected chi connectivity index (χ1v) is 11.3. The Hall–Kier alpha value is -2.51. The molecule has 14 heteroatoms. The molecule has 32 heavy (non-hydrogen) atoms. The van der Waals surface area contributed by atoms with Crippen LogP contribution in [-0.2, 0) is 16.2 Å². The van der Waals surface area contributed by atoms with Gasteiger partial charge in [0, 0.05) is 28.9 Å². The number of rotatable bonds is 4. The van der Waals surface area contributed by atoms with Gasteiger partial charge < -0.3 is 0 Å². The minimum atomic E-state index is -4.70. The number of thiazole rings is 1. The smallest absolute Gasteiger partial charge is 0.245 e. The van der Waals surface area contributed by atoms with Gasteiger partial charge in [0.2, 0.25) is 0 Å². The summed E-state index contributed by atoms with van der Waals surface area (Å²) in [5.74, 6) is 0. The Kier molecular flexibility index (Phi) is 6.63. The SMILES string of the molecule is Cl.NS(=O)(=O)c1ncc(-c2ccc(-c3cscn3)c(Cl)c2)cc1-n1ccc(C(F)(F)F)n1. The van der Waals surface area contributed by atoms with Gasteiger partial charge in [-0.2, -0.15) is 18.3 Å². The van der Waals surface area contributed by atoms with E-state index in [-0.39, 0.29) is 18.1 Å². The maximum atomic E-state index is 12.9. The molecule has 0 spiro atoms. The van der Waals surface area contributed by atoms with E-state index >= 15 is 0 Å². The van der Waals surface area contributed by atoms with E-state index in [1.807, 2.05) is 5.38 Å². The standard InChI is InChI=1S/C18H11ClF3N5O2S2.ClH/c19-13-5-10(1-2-12(13)14-8-30-9-25-14)11-6-15(17(24-7-11)31(23,28)29)27-4-3-16(26-27)18(20,21)22;/h1-9H,(H2,23,28,29);1H. The summed E-state index contributed by atoms with van der Waals surface area (Å²) >= 11 is 7.78. The molecule has 2 N–H and O–H groups in total. The molecule has 7 nitrogen and oxygen atoms in total. The van der Waals surface area contributed by atoms with Crippen molar-refractivity contribution in [1.82, 2.24) is 19.7 Å². The lowest BCUT2D eigenvalue weighted by atomic mass is 10.0. The van der Waals surface area contributed by atoms with Crippen molar-refractivity contribution >= 4 is 45.4 Å². The van der Waals surface area contributed by atoms with E-state index in [0.717, 1.165) is 16.9 Å². The van der Waals surface area contributed by atoms with Crippen LogP contribution in [0.15, 0.2) is 58.6 Å². The number of pyridine rings is 1. The summed E-state index contributed by atoms with van der Waals surface area (Å²) in [6.07, 6.45) is -2.47. The third kappa shape index (κ3) is 4.79. The number of primary sulfonamides is 1. The first kappa shape index (κ1) is 24.1. The Balaban J connectivity index is 0.00000289. The molecule has 0 saturated heterocycles. The van der Waals surface area contributed by atoms with Gasteiger partial charge in [-0.25, -0.2) is 28.2 Å². The molecule has 0 fully saturated rings. The first-order chi connectivity index (χ1) is 14.5. The quantitative estimate of drug-likeness (QED) is 0.415. The molecule has 4 rings (SSSR count). The largest absolute Gasteiger partial charge is 0.435 e. The summed E-state index contributed by atoms with van der Waals surface area (Å²) in [6, 6.07) is 7.11. The van der Waals surface area contributed by atoms with E-state index < -0.39 is 26.9 Å². The zero-order valence-corrected chi connectivity index (χ0v) is 18.8. The fourth-order valence-corrected chi connectivity index (χ4v) is 4.31. The fraction of sp³-hybridized carbons (Fsp3) is 0.0556. The molecule has 0 radical (unpaired) electrons. The van der Waals surface area contributed by atoms with Gasteiger partial charge in [-0.15, -0.1) is 23.7 Å². The molecule has 0 saturated carbocycles. The number of halogens is 5. The third-order valence-corrected chi connectivity index (χ3v) is 5.99. The molecule has 0 aliphatic carbocycles. The number of sulfonamides is 1. The monoisotopic (exact) mass is 521 g/mol. The first-order valence-electron chi connectivity index (χ1n) is 8.38. The van der Waals surface area contributed by atoms with Gasteiger partial charge in [-0.05, 0) is 23.8 Å². The minimum Gasteiger partial charge on any atom is -0.245 e. The lowest BCUT2D eigenvalue weighted by Crippen LogP contribution is -2.18. The summed E-state index contributed by atoms with van der Waals surface area (Å²) in [5.41, 5.74) is 2.61. The van der Waals surface area contributed by atoms with Crippen molar-refractivity contribution in [3.63, 3.8) is 0 Å². The molecule has 4 aromatic rings. The topological polar surface area (TPSA) is 104 Å². The zero-order chi connectivity index (χ0) is 22.4. The van der Waals surface area contributed by atoms with Gasteiger partial charge >= 0.3 is 6.18 Å². The number of alkyl halides is 3. The maximum Gasteiger partial charge on any atom is 0.435 e. The molecular weight excluding hydrogens is 510 g/mol. The van der Waals surface area contributed by atoms with Crippen molar-refractivity contribution in [2.24, 2.45) is 5.14 Å². The Labute approximate surface area is 195 Å². The number of aromatic nitrogens is 4. The molecular formula is C18H12Cl2F3N5O2S2. The van der Waals surface area contributed by atoms with Crippen molar-refractivity contribution < 1.29 is 21.6 Å². The van der Waals surface area contributed by atoms with Gasteiger partial charge in [0.1, 0.15) is 5.69 Å². The van der Waals surface area contributed by atoms with Gasteiger partial charge in [0.05, 0.1) is 16.2 Å². The van der Waals surface area contributed by atoms with Crippen molar-refractivity contribution in [3.05, 3.63) is 64.3 Å². The number of hydrogen-bond acceptors (Lipinski definition) is 6. The summed E-state index contributed by atoms with van der Waals surface area (Å²) in [7, 11) is -4.34. The van der Waals surface area contributed by atoms with Crippen LogP contribution in [0.25, 0.3) is 28.1 Å². The van der Waals surface area contributed by atoms with E-state index in [4.69, 9.17) is 16.7 Å². The van der Waals surface area contributed by atoms with E-state index in [2.05, 4.69) is 15.1 Å². The average Bonchev–Trinajstić information content (AvgIpc) is 3.38. The van der Waals surface area contributed by atoms with Gasteiger partial charge in [-0.1, -0.05) is 23.7 Å². The van der Waals surface area contributed by atoms with Crippen molar-refractivity contribution in [1.29, 1.82) is 0 Å². The predicted molar refractivity (Wildman–Crippen MR) is 117 cm³/mol. The summed E-state index contributed by atoms with van der Waals surface area (Å²) in [5, 5.41) is 10.2. The maximum absolute atomic E-state index is 12.9. The normalized spacial score (nSPS) is 11.9. The molecule has 1 aromatic carbocycles. The highest BCUT2D eigenvalue weighted by atomic mass is 35.5. The number of nitrogens with two attached hydrogens (primary N) is 1. The van der Waals surface area contributed by atoms with Crippen LogP contribution in [0.3, 0.4) is 0 Å². The van der Waals surface area contributed by atoms with Crippen LogP contribution in [0.4, 0.5) is 13.2 Å². The summed E-state index contributed by atoms with van der Waals surface area (Å²) in [4.78, 5) is 8.07. The second-order valence-corrected chi connectivity index (χ2v) is 8.91. The van der Waals surface area contributed by atoms with E-state index in [9.17, 15) is 21.6 Å². The van der Waals surface area contributed by atoms with E-state index in [1.165, 1.54) is 23.6 Å². The Morgan fingerprint density at radius 2 is 1.84 bits per heavy atom. The van der Waals surface area contributed by atoms with Crippen molar-refractivity contribution in [3.8, 4) is 28.1 Å². The van der Waals surface area contributed by atoms with E-state index in [0.29, 0.717) is 27.4 Å². The Bertz CT molecular complexity index is 1370. The second kappa shape index (κ2) is 8.79. The highest BCUT2D eigenvalue weighted by molar-refractivity contribution is 7.89. The van der Waals surface area contributed by atoms with Crippen LogP contribution in [0, 0.1) is 0 Å². The zero-order valence-electron chi connectivity index (χ0n) is 15.6. The van der Waals surface area contributed by atoms with Gasteiger partial charge in [0.15, 0.2) is 10.7 Å². The molecule has 168 valence electrons. The summed E-state index contributed by atoms with van der Waals surface area (Å²) in [6.45, 7) is 0. The Morgan fingerprint density at radius 1 is 1.09 bits per heavy atom. The number of nitrogens with zero attached hydrogens (tertiary/aromatic N) is 4. The molecule has 3 aromatic heterocycles. The number of hydrogen-bond donors (Lipinski definition) is 1. The average molecular weight is 522 g/mol. The molecule has 0 aliphatic rings. The van der Waals surface area contributed by atoms with Gasteiger partial charge in [0.25, 0.3) is 10.0 Å². The predicted octanol–water partition coefficient (Wildman–Crippen LogP) is 4.80. The highest BCUT2D eigenvalue weighted by Gasteiger charge is 2.34. The second-order valence-electron chi connectivity index (χ2n) is 6.30. The molecule has 0 unspecified atom stereocenters. The lowest BCUT2D eigenvalue weighted by molar-refractivity contribution is -0.141. The van der Waals surface area contributed by atoms with Crippen LogP contribution in [0.1, 0.15) is 5.69 Å². The lowest BCUT2D eigenvalue weighted by Gasteiger charge is -2.11. The number of benzene rings is 1. The minimum absolute atomic E-state index is 0. The van der Waals surface area contributed by atoms with E-state index in [1.54, 1.807) is 23.7 Å². The summed E-state index contributed by atoms with van der Waals surface area (Å²) < 4.78 is 63.5. The highest BCUT2D eigenvalue weighted by Crippen LogP contribution is 2.34. The third-order valence-electron chi connectivity index (χ3n) is 4.24. The van der Waals surface area contributed by atoms with Crippen LogP contribution < -0.4 is 5.14 Å². The molecule has 0 aliphatic heterocycles. The molecule has 0 amide bonds. The van der Waals surface area contributed by atoms with Gasteiger partial charge in [-0.3, -0.25) is 0 Å². The van der Waals surface area contributed by atoms with Crippen LogP contribution in [-0.4, -0.2) is 28.2 Å². The molecule has 0 bridgehead atoms. The van der Waals surface area contributed by atoms with Crippen molar-refractivity contribution in [2.45, 2.75) is 11.2 Å².